The molecule has 3 aromatic rings. The first-order valence-electron chi connectivity index (χ1n) is 8.49. The van der Waals surface area contributed by atoms with Crippen LogP contribution in [0.5, 0.6) is 0 Å². The Balaban J connectivity index is 1.53. The van der Waals surface area contributed by atoms with Crippen molar-refractivity contribution in [2.45, 2.75) is 25.4 Å². The van der Waals surface area contributed by atoms with Crippen molar-refractivity contribution in [3.05, 3.63) is 65.9 Å². The van der Waals surface area contributed by atoms with Gasteiger partial charge in [-0.05, 0) is 29.7 Å². The van der Waals surface area contributed by atoms with Crippen molar-refractivity contribution in [1.82, 2.24) is 9.88 Å². The Bertz CT molecular complexity index is 918. The van der Waals surface area contributed by atoms with Crippen LogP contribution in [0.4, 0.5) is 0 Å². The number of oxazole rings is 1. The molecule has 1 saturated heterocycles. The summed E-state index contributed by atoms with van der Waals surface area (Å²) < 4.78 is 5.19. The SMILES string of the molecule is Cc1ncoc1C(=O)N1CC[C@@H](c2ccc3ccccc3c2)[C@H](O)C1. The second kappa shape index (κ2) is 6.33. The molecule has 1 N–H and O–H groups in total. The van der Waals surface area contributed by atoms with Crippen molar-refractivity contribution in [3.8, 4) is 0 Å². The van der Waals surface area contributed by atoms with E-state index in [0.29, 0.717) is 18.8 Å². The Morgan fingerprint density at radius 3 is 2.76 bits per heavy atom. The number of piperidine rings is 1. The topological polar surface area (TPSA) is 66.6 Å². The summed E-state index contributed by atoms with van der Waals surface area (Å²) in [4.78, 5) is 18.1. The van der Waals surface area contributed by atoms with E-state index in [1.54, 1.807) is 11.8 Å². The highest BCUT2D eigenvalue weighted by atomic mass is 16.4. The van der Waals surface area contributed by atoms with Crippen LogP contribution >= 0.6 is 0 Å². The first-order chi connectivity index (χ1) is 12.1. The molecular weight excluding hydrogens is 316 g/mol. The number of β-amino-alcohol motifs (C(OH)–C–C–N with tert-alkyl or cyclic N) is 1. The quantitative estimate of drug-likeness (QED) is 0.781. The molecule has 5 nitrogen and oxygen atoms in total. The monoisotopic (exact) mass is 336 g/mol. The summed E-state index contributed by atoms with van der Waals surface area (Å²) in [7, 11) is 0. The molecule has 0 radical (unpaired) electrons. The van der Waals surface area contributed by atoms with Crippen molar-refractivity contribution >= 4 is 16.7 Å². The molecule has 0 spiro atoms. The molecule has 1 fully saturated rings. The summed E-state index contributed by atoms with van der Waals surface area (Å²) in [6, 6.07) is 14.5. The minimum absolute atomic E-state index is 0.0319. The highest BCUT2D eigenvalue weighted by Gasteiger charge is 2.33. The van der Waals surface area contributed by atoms with Crippen LogP contribution in [0.25, 0.3) is 10.8 Å². The van der Waals surface area contributed by atoms with Gasteiger partial charge in [-0.1, -0.05) is 42.5 Å². The van der Waals surface area contributed by atoms with Crippen molar-refractivity contribution in [2.24, 2.45) is 0 Å². The van der Waals surface area contributed by atoms with Crippen LogP contribution in [0, 0.1) is 6.92 Å². The molecule has 1 aliphatic heterocycles. The third kappa shape index (κ3) is 2.91. The van der Waals surface area contributed by atoms with Gasteiger partial charge in [-0.15, -0.1) is 0 Å². The molecular formula is C20H20N2O3. The fraction of sp³-hybridized carbons (Fsp3) is 0.300. The second-order valence-electron chi connectivity index (χ2n) is 6.59. The molecule has 1 aliphatic rings. The normalized spacial score (nSPS) is 20.8. The Hall–Kier alpha value is -2.66. The number of hydrogen-bond acceptors (Lipinski definition) is 4. The van der Waals surface area contributed by atoms with E-state index in [2.05, 4.69) is 35.3 Å². The fourth-order valence-corrected chi connectivity index (χ4v) is 3.59. The Labute approximate surface area is 145 Å². The van der Waals surface area contributed by atoms with Gasteiger partial charge in [0, 0.05) is 19.0 Å². The van der Waals surface area contributed by atoms with E-state index in [9.17, 15) is 9.90 Å². The number of carbonyl (C=O) groups is 1. The van der Waals surface area contributed by atoms with Crippen molar-refractivity contribution in [2.75, 3.05) is 13.1 Å². The van der Waals surface area contributed by atoms with Crippen molar-refractivity contribution < 1.29 is 14.3 Å². The van der Waals surface area contributed by atoms with E-state index < -0.39 is 6.10 Å². The third-order valence-electron chi connectivity index (χ3n) is 5.01. The second-order valence-corrected chi connectivity index (χ2v) is 6.59. The van der Waals surface area contributed by atoms with Crippen LogP contribution in [0.15, 0.2) is 53.3 Å². The van der Waals surface area contributed by atoms with Crippen LogP contribution in [0.1, 0.15) is 34.2 Å². The smallest absolute Gasteiger partial charge is 0.291 e. The average molecular weight is 336 g/mol. The van der Waals surface area contributed by atoms with Gasteiger partial charge in [0.25, 0.3) is 5.91 Å². The third-order valence-corrected chi connectivity index (χ3v) is 5.01. The highest BCUT2D eigenvalue weighted by Crippen LogP contribution is 2.31. The molecule has 2 aromatic carbocycles. The van der Waals surface area contributed by atoms with Crippen LogP contribution in [-0.2, 0) is 0 Å². The fourth-order valence-electron chi connectivity index (χ4n) is 3.59. The van der Waals surface area contributed by atoms with Gasteiger partial charge >= 0.3 is 0 Å². The van der Waals surface area contributed by atoms with Gasteiger partial charge in [-0.2, -0.15) is 0 Å². The summed E-state index contributed by atoms with van der Waals surface area (Å²) in [5.74, 6) is 0.0897. The first kappa shape index (κ1) is 15.8. The van der Waals surface area contributed by atoms with Crippen LogP contribution in [0.3, 0.4) is 0 Å². The molecule has 0 saturated carbocycles. The molecule has 25 heavy (non-hydrogen) atoms. The molecule has 0 unspecified atom stereocenters. The van der Waals surface area contributed by atoms with Crippen LogP contribution in [0.2, 0.25) is 0 Å². The van der Waals surface area contributed by atoms with E-state index in [1.165, 1.54) is 17.2 Å². The van der Waals surface area contributed by atoms with E-state index in [-0.39, 0.29) is 17.6 Å². The number of amides is 1. The summed E-state index contributed by atoms with van der Waals surface area (Å²) in [5.41, 5.74) is 1.70. The van der Waals surface area contributed by atoms with Crippen LogP contribution < -0.4 is 0 Å². The lowest BCUT2D eigenvalue weighted by atomic mass is 9.86. The number of hydrogen-bond donors (Lipinski definition) is 1. The predicted octanol–water partition coefficient (Wildman–Crippen LogP) is 3.13. The zero-order valence-corrected chi connectivity index (χ0v) is 14.1. The zero-order valence-electron chi connectivity index (χ0n) is 14.1. The van der Waals surface area contributed by atoms with Gasteiger partial charge in [-0.3, -0.25) is 4.79 Å². The minimum atomic E-state index is -0.595. The Morgan fingerprint density at radius 2 is 2.04 bits per heavy atom. The first-order valence-corrected chi connectivity index (χ1v) is 8.49. The van der Waals surface area contributed by atoms with Crippen molar-refractivity contribution in [1.29, 1.82) is 0 Å². The van der Waals surface area contributed by atoms with Crippen LogP contribution in [-0.4, -0.2) is 40.1 Å². The molecule has 1 aromatic heterocycles. The maximum absolute atomic E-state index is 12.5. The number of aliphatic hydroxyl groups is 1. The minimum Gasteiger partial charge on any atom is -0.438 e. The molecule has 0 aliphatic carbocycles. The average Bonchev–Trinajstić information content (AvgIpc) is 3.06. The number of likely N-dealkylation sites (tertiary alicyclic amines) is 1. The molecule has 2 atom stereocenters. The van der Waals surface area contributed by atoms with Gasteiger partial charge in [0.15, 0.2) is 6.39 Å². The lowest BCUT2D eigenvalue weighted by Crippen LogP contribution is -2.45. The number of aromatic nitrogens is 1. The number of rotatable bonds is 2. The van der Waals surface area contributed by atoms with Gasteiger partial charge in [0.05, 0.1) is 11.8 Å². The zero-order chi connectivity index (χ0) is 17.4. The van der Waals surface area contributed by atoms with Crippen molar-refractivity contribution in [3.63, 3.8) is 0 Å². The molecule has 1 amide bonds. The molecule has 0 bridgehead atoms. The van der Waals surface area contributed by atoms with E-state index in [4.69, 9.17) is 4.42 Å². The molecule has 2 heterocycles. The summed E-state index contributed by atoms with van der Waals surface area (Å²) in [5, 5.41) is 13.0. The van der Waals surface area contributed by atoms with E-state index in [1.807, 2.05) is 12.1 Å². The summed E-state index contributed by atoms with van der Waals surface area (Å²) in [6.45, 7) is 2.64. The maximum Gasteiger partial charge on any atom is 0.291 e. The van der Waals surface area contributed by atoms with Gasteiger partial charge in [0.2, 0.25) is 5.76 Å². The number of aryl methyl sites for hydroxylation is 1. The Morgan fingerprint density at radius 1 is 1.24 bits per heavy atom. The summed E-state index contributed by atoms with van der Waals surface area (Å²) in [6.07, 6.45) is 1.40. The highest BCUT2D eigenvalue weighted by molar-refractivity contribution is 5.92. The molecule has 128 valence electrons. The lowest BCUT2D eigenvalue weighted by molar-refractivity contribution is 0.0359. The molecule has 4 rings (SSSR count). The van der Waals surface area contributed by atoms with E-state index >= 15 is 0 Å². The number of carbonyl (C=O) groups excluding carboxylic acids is 1. The van der Waals surface area contributed by atoms with Gasteiger partial charge in [0.1, 0.15) is 0 Å². The van der Waals surface area contributed by atoms with Gasteiger partial charge in [-0.25, -0.2) is 4.98 Å². The largest absolute Gasteiger partial charge is 0.438 e. The molecule has 5 heteroatoms. The maximum atomic E-state index is 12.5. The predicted molar refractivity (Wildman–Crippen MR) is 94.5 cm³/mol. The van der Waals surface area contributed by atoms with Gasteiger partial charge < -0.3 is 14.4 Å². The number of aliphatic hydroxyl groups excluding tert-OH is 1. The number of fused-ring (bicyclic) bond motifs is 1. The van der Waals surface area contributed by atoms with E-state index in [0.717, 1.165) is 12.0 Å². The number of nitrogens with zero attached hydrogens (tertiary/aromatic N) is 2. The standard InChI is InChI=1S/C20H20N2O3/c1-13-19(25-12-21-13)20(24)22-9-8-17(18(23)11-22)16-7-6-14-4-2-3-5-15(14)10-16/h2-7,10,12,17-18,23H,8-9,11H2,1H3/t17-,18+/m0/s1. The Kier molecular flexibility index (Phi) is 4.01. The summed E-state index contributed by atoms with van der Waals surface area (Å²) >= 11 is 0. The number of benzene rings is 2. The lowest BCUT2D eigenvalue weighted by Gasteiger charge is -2.36.